The van der Waals surface area contributed by atoms with E-state index >= 15 is 0 Å². The molecule has 2 aliphatic rings. The van der Waals surface area contributed by atoms with Gasteiger partial charge in [-0.2, -0.15) is 0 Å². The molecule has 180 valence electrons. The monoisotopic (exact) mass is 471 g/mol. The predicted molar refractivity (Wildman–Crippen MR) is 138 cm³/mol. The number of amides is 1. The summed E-state index contributed by atoms with van der Waals surface area (Å²) in [5.41, 5.74) is 4.78. The Bertz CT molecular complexity index is 1280. The van der Waals surface area contributed by atoms with E-state index in [1.807, 2.05) is 61.5 Å². The summed E-state index contributed by atoms with van der Waals surface area (Å²) >= 11 is 0. The van der Waals surface area contributed by atoms with Gasteiger partial charge in [0.1, 0.15) is 17.3 Å². The molecule has 6 heteroatoms. The zero-order chi connectivity index (χ0) is 25.2. The lowest BCUT2D eigenvalue weighted by Gasteiger charge is -2.30. The molecule has 0 bridgehead atoms. The minimum atomic E-state index is -1.36. The second kappa shape index (κ2) is 9.68. The van der Waals surface area contributed by atoms with E-state index in [1.165, 1.54) is 14.2 Å². The van der Waals surface area contributed by atoms with Crippen molar-refractivity contribution in [2.45, 2.75) is 19.4 Å². The van der Waals surface area contributed by atoms with E-state index in [1.54, 1.807) is 32.3 Å². The summed E-state index contributed by atoms with van der Waals surface area (Å²) in [4.78, 5) is 12.9. The number of hydrogen-bond donors (Lipinski definition) is 2. The number of aliphatic hydroxyl groups is 1. The van der Waals surface area contributed by atoms with E-state index in [4.69, 9.17) is 14.2 Å². The summed E-state index contributed by atoms with van der Waals surface area (Å²) in [5, 5.41) is 13.7. The molecule has 0 radical (unpaired) electrons. The molecular weight excluding hydrogens is 442 g/mol. The van der Waals surface area contributed by atoms with Crippen molar-refractivity contribution in [3.63, 3.8) is 0 Å². The number of ether oxygens (including phenoxy) is 3. The second-order valence-electron chi connectivity index (χ2n) is 8.51. The zero-order valence-electron chi connectivity index (χ0n) is 20.5. The molecule has 1 amide bonds. The van der Waals surface area contributed by atoms with Crippen LogP contribution in [0.2, 0.25) is 0 Å². The number of hydrogen-bond acceptors (Lipinski definition) is 5. The van der Waals surface area contributed by atoms with Crippen LogP contribution in [0.5, 0.6) is 5.75 Å². The van der Waals surface area contributed by atoms with Crippen molar-refractivity contribution >= 4 is 22.7 Å². The highest BCUT2D eigenvalue weighted by atomic mass is 16.5. The maximum Gasteiger partial charge on any atom is 0.248 e. The topological polar surface area (TPSA) is 77.0 Å². The standard InChI is InChI=1S/C29H29NO5/c1-18-23(13-19-14-26(34-4)29(2,32)27(15-19)35-5)22-12-11-21(33-3)16-25(22)24(18)17-28(31)30-20-9-7-6-8-10-20/h6-17,32H,1-5H3,(H,30,31)/b19-13?,24-17+. The fourth-order valence-electron chi connectivity index (χ4n) is 4.37. The SMILES string of the molecule is COC1=CC(=CC2=C(C)/C(=C\C(=O)Nc3ccccc3)c3cc(OC)ccc32)C=C(OC)C1(C)O. The Hall–Kier alpha value is -4.03. The molecule has 0 aromatic heterocycles. The Kier molecular flexibility index (Phi) is 6.67. The molecule has 35 heavy (non-hydrogen) atoms. The number of anilines is 1. The van der Waals surface area contributed by atoms with E-state index in [0.717, 1.165) is 39.1 Å². The average Bonchev–Trinajstić information content (AvgIpc) is 3.10. The van der Waals surface area contributed by atoms with Crippen LogP contribution in [-0.2, 0) is 14.3 Å². The largest absolute Gasteiger partial charge is 0.498 e. The minimum Gasteiger partial charge on any atom is -0.498 e. The number of carbonyl (C=O) groups excluding carboxylic acids is 1. The molecule has 0 saturated heterocycles. The first-order valence-electron chi connectivity index (χ1n) is 11.2. The van der Waals surface area contributed by atoms with Gasteiger partial charge in [-0.15, -0.1) is 0 Å². The normalized spacial score (nSPS) is 20.2. The smallest absolute Gasteiger partial charge is 0.248 e. The van der Waals surface area contributed by atoms with Crippen LogP contribution in [0, 0.1) is 0 Å². The molecular formula is C29H29NO5. The molecule has 0 fully saturated rings. The van der Waals surface area contributed by atoms with Gasteiger partial charge in [0, 0.05) is 11.8 Å². The Balaban J connectivity index is 1.80. The van der Waals surface area contributed by atoms with Gasteiger partial charge in [-0.25, -0.2) is 0 Å². The summed E-state index contributed by atoms with van der Waals surface area (Å²) in [7, 11) is 4.65. The van der Waals surface area contributed by atoms with Crippen molar-refractivity contribution in [1.82, 2.24) is 0 Å². The van der Waals surface area contributed by atoms with E-state index < -0.39 is 5.60 Å². The molecule has 2 N–H and O–H groups in total. The number of rotatable bonds is 6. The number of methoxy groups -OCH3 is 3. The maximum absolute atomic E-state index is 12.9. The molecule has 0 atom stereocenters. The molecule has 2 aromatic carbocycles. The minimum absolute atomic E-state index is 0.218. The third-order valence-corrected chi connectivity index (χ3v) is 6.24. The summed E-state index contributed by atoms with van der Waals surface area (Å²) < 4.78 is 16.3. The van der Waals surface area contributed by atoms with E-state index in [0.29, 0.717) is 17.3 Å². The van der Waals surface area contributed by atoms with Crippen LogP contribution in [0.25, 0.3) is 11.1 Å². The van der Waals surface area contributed by atoms with Crippen molar-refractivity contribution in [3.8, 4) is 5.75 Å². The molecule has 4 rings (SSSR count). The highest BCUT2D eigenvalue weighted by molar-refractivity contribution is 6.12. The van der Waals surface area contributed by atoms with Gasteiger partial charge in [-0.3, -0.25) is 4.79 Å². The van der Waals surface area contributed by atoms with Crippen LogP contribution >= 0.6 is 0 Å². The average molecular weight is 472 g/mol. The highest BCUT2D eigenvalue weighted by Crippen LogP contribution is 2.44. The van der Waals surface area contributed by atoms with Gasteiger partial charge in [-0.05, 0) is 89.8 Å². The summed E-state index contributed by atoms with van der Waals surface area (Å²) in [6, 6.07) is 15.2. The summed E-state index contributed by atoms with van der Waals surface area (Å²) in [5.74, 6) is 1.25. The molecule has 0 spiro atoms. The second-order valence-corrected chi connectivity index (χ2v) is 8.51. The van der Waals surface area contributed by atoms with Crippen molar-refractivity contribution in [3.05, 3.63) is 107 Å². The first-order chi connectivity index (χ1) is 16.8. The van der Waals surface area contributed by atoms with Gasteiger partial charge in [0.25, 0.3) is 0 Å². The van der Waals surface area contributed by atoms with Crippen LogP contribution in [0.15, 0.2) is 95.5 Å². The van der Waals surface area contributed by atoms with Gasteiger partial charge in [0.15, 0.2) is 5.60 Å². The Labute approximate surface area is 205 Å². The first kappa shape index (κ1) is 24.1. The van der Waals surface area contributed by atoms with Crippen molar-refractivity contribution in [2.75, 3.05) is 26.6 Å². The van der Waals surface area contributed by atoms with Crippen LogP contribution in [-0.4, -0.2) is 37.9 Å². The third-order valence-electron chi connectivity index (χ3n) is 6.24. The van der Waals surface area contributed by atoms with Crippen LogP contribution in [0.4, 0.5) is 5.69 Å². The molecule has 6 nitrogen and oxygen atoms in total. The predicted octanol–water partition coefficient (Wildman–Crippen LogP) is 5.26. The first-order valence-corrected chi connectivity index (χ1v) is 11.2. The number of benzene rings is 2. The lowest BCUT2D eigenvalue weighted by molar-refractivity contribution is -0.111. The van der Waals surface area contributed by atoms with Crippen LogP contribution < -0.4 is 10.1 Å². The van der Waals surface area contributed by atoms with E-state index in [-0.39, 0.29) is 5.91 Å². The number of allylic oxidation sites excluding steroid dienone is 7. The van der Waals surface area contributed by atoms with Crippen molar-refractivity contribution < 1.29 is 24.1 Å². The van der Waals surface area contributed by atoms with Crippen molar-refractivity contribution in [2.24, 2.45) is 0 Å². The molecule has 0 aliphatic heterocycles. The number of fused-ring (bicyclic) bond motifs is 1. The summed E-state index contributed by atoms with van der Waals surface area (Å²) in [6.07, 6.45) is 7.19. The van der Waals surface area contributed by atoms with Gasteiger partial charge < -0.3 is 24.6 Å². The number of carbonyl (C=O) groups is 1. The molecule has 0 heterocycles. The maximum atomic E-state index is 12.9. The Morgan fingerprint density at radius 3 is 2.20 bits per heavy atom. The van der Waals surface area contributed by atoms with Gasteiger partial charge in [-0.1, -0.05) is 24.3 Å². The Morgan fingerprint density at radius 1 is 0.943 bits per heavy atom. The quantitative estimate of drug-likeness (QED) is 0.563. The molecule has 0 unspecified atom stereocenters. The van der Waals surface area contributed by atoms with Crippen LogP contribution in [0.1, 0.15) is 25.0 Å². The van der Waals surface area contributed by atoms with Crippen molar-refractivity contribution in [1.29, 1.82) is 0 Å². The van der Waals surface area contributed by atoms with E-state index in [2.05, 4.69) is 5.32 Å². The highest BCUT2D eigenvalue weighted by Gasteiger charge is 2.36. The van der Waals surface area contributed by atoms with Gasteiger partial charge in [0.05, 0.1) is 21.3 Å². The fraction of sp³-hybridized carbons (Fsp3) is 0.207. The zero-order valence-corrected chi connectivity index (χ0v) is 20.5. The molecule has 0 saturated carbocycles. The summed E-state index contributed by atoms with van der Waals surface area (Å²) in [6.45, 7) is 3.61. The fourth-order valence-corrected chi connectivity index (χ4v) is 4.37. The molecule has 2 aliphatic carbocycles. The lowest BCUT2D eigenvalue weighted by Crippen LogP contribution is -2.33. The number of nitrogens with one attached hydrogen (secondary N) is 1. The Morgan fingerprint density at radius 2 is 1.60 bits per heavy atom. The number of para-hydroxylation sites is 1. The lowest BCUT2D eigenvalue weighted by atomic mass is 9.91. The van der Waals surface area contributed by atoms with Gasteiger partial charge in [0.2, 0.25) is 5.91 Å². The van der Waals surface area contributed by atoms with Crippen LogP contribution in [0.3, 0.4) is 0 Å². The van der Waals surface area contributed by atoms with Gasteiger partial charge >= 0.3 is 0 Å². The van der Waals surface area contributed by atoms with E-state index in [9.17, 15) is 9.90 Å². The third kappa shape index (κ3) is 4.66. The molecule has 2 aromatic rings.